The first-order valence-electron chi connectivity index (χ1n) is 6.35. The van der Waals surface area contributed by atoms with E-state index in [0.29, 0.717) is 9.89 Å². The van der Waals surface area contributed by atoms with Crippen LogP contribution in [0.5, 0.6) is 0 Å². The predicted octanol–water partition coefficient (Wildman–Crippen LogP) is 4.40. The maximum atomic E-state index is 13.7. The van der Waals surface area contributed by atoms with Gasteiger partial charge in [0.2, 0.25) is 0 Å². The minimum atomic E-state index is -0.501. The number of halogens is 3. The molecule has 1 aromatic carbocycles. The molecule has 18 heavy (non-hydrogen) atoms. The molecule has 1 nitrogen and oxygen atoms in total. The third kappa shape index (κ3) is 3.09. The van der Waals surface area contributed by atoms with Gasteiger partial charge in [-0.15, -0.1) is 0 Å². The van der Waals surface area contributed by atoms with Gasteiger partial charge in [-0.1, -0.05) is 19.8 Å². The first-order valence-corrected chi connectivity index (χ1v) is 7.14. The first-order chi connectivity index (χ1) is 8.52. The van der Waals surface area contributed by atoms with Crippen molar-refractivity contribution >= 4 is 15.9 Å². The van der Waals surface area contributed by atoms with E-state index >= 15 is 0 Å². The molecule has 1 saturated carbocycles. The Balaban J connectivity index is 1.96. The third-order valence-corrected chi connectivity index (χ3v) is 4.42. The zero-order valence-corrected chi connectivity index (χ0v) is 12.1. The largest absolute Gasteiger partial charge is 0.312 e. The van der Waals surface area contributed by atoms with Crippen LogP contribution in [0.4, 0.5) is 8.78 Å². The van der Waals surface area contributed by atoms with Crippen molar-refractivity contribution < 1.29 is 8.78 Å². The second kappa shape index (κ2) is 5.66. The molecule has 0 unspecified atom stereocenters. The van der Waals surface area contributed by atoms with Crippen LogP contribution in [0.1, 0.15) is 38.2 Å². The Morgan fingerprint density at radius 3 is 2.61 bits per heavy atom. The van der Waals surface area contributed by atoms with E-state index < -0.39 is 11.6 Å². The van der Waals surface area contributed by atoms with Crippen molar-refractivity contribution in [2.24, 2.45) is 5.41 Å². The van der Waals surface area contributed by atoms with Crippen LogP contribution in [0.25, 0.3) is 0 Å². The van der Waals surface area contributed by atoms with Crippen molar-refractivity contribution in [2.45, 2.75) is 39.2 Å². The number of benzene rings is 1. The van der Waals surface area contributed by atoms with Gasteiger partial charge >= 0.3 is 0 Å². The van der Waals surface area contributed by atoms with Gasteiger partial charge in [0.15, 0.2) is 0 Å². The summed E-state index contributed by atoms with van der Waals surface area (Å²) in [7, 11) is 0. The van der Waals surface area contributed by atoms with Gasteiger partial charge in [0.25, 0.3) is 0 Å². The average molecular weight is 318 g/mol. The molecule has 0 bridgehead atoms. The van der Waals surface area contributed by atoms with Gasteiger partial charge in [0.05, 0.1) is 4.47 Å². The Kier molecular flexibility index (Phi) is 4.38. The lowest BCUT2D eigenvalue weighted by Gasteiger charge is -2.24. The summed E-state index contributed by atoms with van der Waals surface area (Å²) >= 11 is 3.08. The minimum absolute atomic E-state index is 0.117. The lowest BCUT2D eigenvalue weighted by molar-refractivity contribution is 0.312. The van der Waals surface area contributed by atoms with Gasteiger partial charge < -0.3 is 5.32 Å². The molecular weight excluding hydrogens is 300 g/mol. The Hall–Kier alpha value is -0.480. The predicted molar refractivity (Wildman–Crippen MR) is 72.3 cm³/mol. The summed E-state index contributed by atoms with van der Waals surface area (Å²) in [5.41, 5.74) is 0.407. The first kappa shape index (κ1) is 13.9. The highest BCUT2D eigenvalue weighted by molar-refractivity contribution is 9.10. The summed E-state index contributed by atoms with van der Waals surface area (Å²) in [5, 5.41) is 3.19. The zero-order chi connectivity index (χ0) is 13.2. The van der Waals surface area contributed by atoms with Gasteiger partial charge in [0, 0.05) is 18.7 Å². The lowest BCUT2D eigenvalue weighted by Crippen LogP contribution is -2.29. The second-order valence-electron chi connectivity index (χ2n) is 5.44. The molecule has 0 aromatic heterocycles. The Labute approximate surface area is 115 Å². The molecule has 0 radical (unpaired) electrons. The number of rotatable bonds is 4. The van der Waals surface area contributed by atoms with E-state index in [1.807, 2.05) is 0 Å². The molecule has 0 heterocycles. The molecule has 100 valence electrons. The van der Waals surface area contributed by atoms with Gasteiger partial charge in [-0.05, 0) is 46.3 Å². The highest BCUT2D eigenvalue weighted by Crippen LogP contribution is 2.36. The summed E-state index contributed by atoms with van der Waals surface area (Å²) in [6, 6.07) is 2.69. The van der Waals surface area contributed by atoms with Gasteiger partial charge in [-0.25, -0.2) is 8.78 Å². The maximum Gasteiger partial charge on any atom is 0.144 e. The fourth-order valence-electron chi connectivity index (χ4n) is 2.63. The molecule has 1 aliphatic carbocycles. The van der Waals surface area contributed by atoms with Crippen LogP contribution in [0, 0.1) is 17.0 Å². The van der Waals surface area contributed by atoms with E-state index in [1.165, 1.54) is 37.8 Å². The smallest absolute Gasteiger partial charge is 0.144 e. The summed E-state index contributed by atoms with van der Waals surface area (Å²) in [6.07, 6.45) is 4.92. The summed E-state index contributed by atoms with van der Waals surface area (Å²) in [5.74, 6) is -0.987. The van der Waals surface area contributed by atoms with Crippen LogP contribution in [0.3, 0.4) is 0 Å². The summed E-state index contributed by atoms with van der Waals surface area (Å²) < 4.78 is 27.6. The van der Waals surface area contributed by atoms with Gasteiger partial charge in [-0.2, -0.15) is 0 Å². The van der Waals surface area contributed by atoms with Crippen LogP contribution in [0.2, 0.25) is 0 Å². The van der Waals surface area contributed by atoms with Crippen molar-refractivity contribution in [3.05, 3.63) is 33.8 Å². The quantitative estimate of drug-likeness (QED) is 0.812. The lowest BCUT2D eigenvalue weighted by atomic mass is 9.89. The Morgan fingerprint density at radius 1 is 1.28 bits per heavy atom. The molecule has 1 fully saturated rings. The molecular formula is C14H18BrF2N. The van der Waals surface area contributed by atoms with E-state index in [-0.39, 0.29) is 12.1 Å². The van der Waals surface area contributed by atoms with Crippen molar-refractivity contribution in [3.8, 4) is 0 Å². The average Bonchev–Trinajstić information content (AvgIpc) is 2.76. The summed E-state index contributed by atoms with van der Waals surface area (Å²) in [6.45, 7) is 3.30. The van der Waals surface area contributed by atoms with Crippen LogP contribution in [-0.4, -0.2) is 6.54 Å². The van der Waals surface area contributed by atoms with Crippen molar-refractivity contribution in [3.63, 3.8) is 0 Å². The molecule has 1 N–H and O–H groups in total. The number of hydrogen-bond donors (Lipinski definition) is 1. The fraction of sp³-hybridized carbons (Fsp3) is 0.571. The van der Waals surface area contributed by atoms with E-state index in [0.717, 1.165) is 6.54 Å². The Bertz CT molecular complexity index is 428. The van der Waals surface area contributed by atoms with E-state index in [9.17, 15) is 8.78 Å². The van der Waals surface area contributed by atoms with Gasteiger partial charge in [-0.3, -0.25) is 0 Å². The Morgan fingerprint density at radius 2 is 1.94 bits per heavy atom. The van der Waals surface area contributed by atoms with E-state index in [2.05, 4.69) is 28.2 Å². The van der Waals surface area contributed by atoms with Crippen molar-refractivity contribution in [2.75, 3.05) is 6.54 Å². The topological polar surface area (TPSA) is 12.0 Å². The number of nitrogens with one attached hydrogen (secondary N) is 1. The maximum absolute atomic E-state index is 13.7. The molecule has 4 heteroatoms. The van der Waals surface area contributed by atoms with Crippen LogP contribution in [0.15, 0.2) is 16.6 Å². The second-order valence-corrected chi connectivity index (χ2v) is 6.30. The molecule has 1 aliphatic rings. The molecule has 0 aliphatic heterocycles. The van der Waals surface area contributed by atoms with Crippen LogP contribution < -0.4 is 5.32 Å². The SMILES string of the molecule is CC1(CNCc2c(F)ccc(Br)c2F)CCCC1. The highest BCUT2D eigenvalue weighted by atomic mass is 79.9. The highest BCUT2D eigenvalue weighted by Gasteiger charge is 2.28. The molecule has 0 amide bonds. The minimum Gasteiger partial charge on any atom is -0.312 e. The number of hydrogen-bond acceptors (Lipinski definition) is 1. The molecule has 0 atom stereocenters. The zero-order valence-electron chi connectivity index (χ0n) is 10.5. The molecule has 0 spiro atoms. The van der Waals surface area contributed by atoms with Crippen molar-refractivity contribution in [1.82, 2.24) is 5.32 Å². The van der Waals surface area contributed by atoms with Crippen molar-refractivity contribution in [1.29, 1.82) is 0 Å². The summed E-state index contributed by atoms with van der Waals surface area (Å²) in [4.78, 5) is 0. The third-order valence-electron chi connectivity index (χ3n) is 3.80. The van der Waals surface area contributed by atoms with Crippen LogP contribution in [-0.2, 0) is 6.54 Å². The molecule has 1 aromatic rings. The van der Waals surface area contributed by atoms with E-state index in [4.69, 9.17) is 0 Å². The monoisotopic (exact) mass is 317 g/mol. The van der Waals surface area contributed by atoms with Crippen LogP contribution >= 0.6 is 15.9 Å². The normalized spacial score (nSPS) is 18.2. The van der Waals surface area contributed by atoms with E-state index in [1.54, 1.807) is 0 Å². The standard InChI is InChI=1S/C14H18BrF2N/c1-14(6-2-3-7-14)9-18-8-10-12(16)5-4-11(15)13(10)17/h4-5,18H,2-3,6-9H2,1H3. The molecule has 0 saturated heterocycles. The molecule has 2 rings (SSSR count). The fourth-order valence-corrected chi connectivity index (χ4v) is 3.00. The van der Waals surface area contributed by atoms with Gasteiger partial charge in [0.1, 0.15) is 11.6 Å².